The highest BCUT2D eigenvalue weighted by Crippen LogP contribution is 1.88. The molecule has 68 valence electrons. The summed E-state index contributed by atoms with van der Waals surface area (Å²) in [6, 6.07) is 0. The second-order valence-corrected chi connectivity index (χ2v) is 2.24. The summed E-state index contributed by atoms with van der Waals surface area (Å²) < 4.78 is 0. The molecule has 0 amide bonds. The van der Waals surface area contributed by atoms with Gasteiger partial charge in [-0.3, -0.25) is 24.7 Å². The van der Waals surface area contributed by atoms with Crippen molar-refractivity contribution < 1.29 is 0 Å². The molecule has 0 aromatic carbocycles. The lowest BCUT2D eigenvalue weighted by Crippen LogP contribution is -2.21. The molecule has 0 atom stereocenters. The van der Waals surface area contributed by atoms with Gasteiger partial charge in [-0.15, -0.1) is 0 Å². The predicted molar refractivity (Wildman–Crippen MR) is 50.1 cm³/mol. The number of nitrogens with one attached hydrogen (secondary N) is 4. The standard InChI is InChI=1S/C5H4N4O3.BH3/c10-3-1-2(7-4(11)6-1)8-5(12)9-3;/h(H4,6,7,8,9,10,11,12);1H3. The Morgan fingerprint density at radius 2 is 1.31 bits per heavy atom. The van der Waals surface area contributed by atoms with E-state index in [2.05, 4.69) is 15.0 Å². The molecule has 0 bridgehead atoms. The van der Waals surface area contributed by atoms with Gasteiger partial charge in [-0.2, -0.15) is 0 Å². The Morgan fingerprint density at radius 1 is 0.769 bits per heavy atom. The summed E-state index contributed by atoms with van der Waals surface area (Å²) in [6.07, 6.45) is 0. The smallest absolute Gasteiger partial charge is 0.300 e. The van der Waals surface area contributed by atoms with E-state index < -0.39 is 16.9 Å². The number of aromatic nitrogens is 4. The summed E-state index contributed by atoms with van der Waals surface area (Å²) in [5.74, 6) is 0. The second-order valence-electron chi connectivity index (χ2n) is 2.24. The SMILES string of the molecule is B.O=c1[nH]c(=O)c2[nH]c(=O)[nH]c2[nH]1. The van der Waals surface area contributed by atoms with Crippen molar-refractivity contribution >= 4 is 19.6 Å². The van der Waals surface area contributed by atoms with E-state index in [1.54, 1.807) is 0 Å². The lowest BCUT2D eigenvalue weighted by molar-refractivity contribution is 1.07. The van der Waals surface area contributed by atoms with Crippen LogP contribution in [-0.4, -0.2) is 28.3 Å². The van der Waals surface area contributed by atoms with Crippen LogP contribution in [0, 0.1) is 0 Å². The molecular weight excluding hydrogens is 175 g/mol. The first-order valence-electron chi connectivity index (χ1n) is 3.11. The molecule has 7 nitrogen and oxygen atoms in total. The Balaban J connectivity index is 0.000000845. The summed E-state index contributed by atoms with van der Waals surface area (Å²) in [4.78, 5) is 41.0. The number of rotatable bonds is 0. The third-order valence-corrected chi connectivity index (χ3v) is 1.42. The van der Waals surface area contributed by atoms with E-state index in [4.69, 9.17) is 0 Å². The van der Waals surface area contributed by atoms with E-state index in [1.807, 2.05) is 4.98 Å². The largest absolute Gasteiger partial charge is 0.327 e. The molecule has 0 aliphatic heterocycles. The van der Waals surface area contributed by atoms with Crippen molar-refractivity contribution in [2.45, 2.75) is 0 Å². The molecule has 2 aromatic heterocycles. The van der Waals surface area contributed by atoms with Crippen LogP contribution in [0.25, 0.3) is 11.2 Å². The average molecular weight is 182 g/mol. The minimum Gasteiger partial charge on any atom is -0.300 e. The third kappa shape index (κ3) is 1.33. The number of imidazole rings is 1. The van der Waals surface area contributed by atoms with Crippen LogP contribution in [-0.2, 0) is 0 Å². The van der Waals surface area contributed by atoms with Crippen molar-refractivity contribution in [3.05, 3.63) is 31.3 Å². The Morgan fingerprint density at radius 3 is 1.92 bits per heavy atom. The molecule has 0 fully saturated rings. The quantitative estimate of drug-likeness (QED) is 0.326. The lowest BCUT2D eigenvalue weighted by atomic mass is 10.5. The normalized spacial score (nSPS) is 9.85. The highest BCUT2D eigenvalue weighted by atomic mass is 16.2. The fourth-order valence-corrected chi connectivity index (χ4v) is 0.958. The molecule has 8 heteroatoms. The first-order chi connectivity index (χ1) is 5.66. The molecule has 0 unspecified atom stereocenters. The van der Waals surface area contributed by atoms with E-state index in [0.717, 1.165) is 0 Å². The zero-order chi connectivity index (χ0) is 8.72. The molecule has 0 saturated carbocycles. The van der Waals surface area contributed by atoms with Crippen molar-refractivity contribution in [2.75, 3.05) is 0 Å². The van der Waals surface area contributed by atoms with Crippen LogP contribution >= 0.6 is 0 Å². The average Bonchev–Trinajstić information content (AvgIpc) is 2.29. The first kappa shape index (κ1) is 9.11. The van der Waals surface area contributed by atoms with E-state index in [0.29, 0.717) is 0 Å². The van der Waals surface area contributed by atoms with Crippen molar-refractivity contribution in [2.24, 2.45) is 0 Å². The van der Waals surface area contributed by atoms with Gasteiger partial charge < -0.3 is 0 Å². The molecule has 0 aliphatic rings. The van der Waals surface area contributed by atoms with Crippen LogP contribution in [0.4, 0.5) is 0 Å². The number of hydrogen-bond acceptors (Lipinski definition) is 3. The van der Waals surface area contributed by atoms with Gasteiger partial charge in [0, 0.05) is 0 Å². The summed E-state index contributed by atoms with van der Waals surface area (Å²) in [5.41, 5.74) is -1.65. The molecule has 0 radical (unpaired) electrons. The van der Waals surface area contributed by atoms with Gasteiger partial charge in [-0.1, -0.05) is 0 Å². The van der Waals surface area contributed by atoms with Crippen molar-refractivity contribution in [1.82, 2.24) is 19.9 Å². The highest BCUT2D eigenvalue weighted by molar-refractivity contribution is 5.75. The molecule has 0 spiro atoms. The van der Waals surface area contributed by atoms with Crippen molar-refractivity contribution in [1.29, 1.82) is 0 Å². The van der Waals surface area contributed by atoms with Crippen molar-refractivity contribution in [3.63, 3.8) is 0 Å². The number of aromatic amines is 4. The second kappa shape index (κ2) is 2.81. The van der Waals surface area contributed by atoms with Crippen molar-refractivity contribution in [3.8, 4) is 0 Å². The van der Waals surface area contributed by atoms with E-state index >= 15 is 0 Å². The fourth-order valence-electron chi connectivity index (χ4n) is 0.958. The number of fused-ring (bicyclic) bond motifs is 1. The van der Waals surface area contributed by atoms with Gasteiger partial charge in [-0.25, -0.2) is 9.59 Å². The summed E-state index contributed by atoms with van der Waals surface area (Å²) in [7, 11) is 0. The van der Waals surface area contributed by atoms with Crippen LogP contribution in [0.15, 0.2) is 14.4 Å². The van der Waals surface area contributed by atoms with E-state index in [-0.39, 0.29) is 19.6 Å². The molecular formula is C5H7BN4O3. The monoisotopic (exact) mass is 182 g/mol. The van der Waals surface area contributed by atoms with Gasteiger partial charge in [0.15, 0.2) is 0 Å². The number of H-pyrrole nitrogens is 4. The maximum Gasteiger partial charge on any atom is 0.327 e. The summed E-state index contributed by atoms with van der Waals surface area (Å²) in [6.45, 7) is 0. The zero-order valence-corrected chi connectivity index (χ0v) is 5.72. The van der Waals surface area contributed by atoms with E-state index in [9.17, 15) is 14.4 Å². The van der Waals surface area contributed by atoms with Gasteiger partial charge in [0.2, 0.25) is 0 Å². The lowest BCUT2D eigenvalue weighted by Gasteiger charge is -1.83. The molecule has 4 N–H and O–H groups in total. The van der Waals surface area contributed by atoms with Crippen LogP contribution in [0.5, 0.6) is 0 Å². The Kier molecular flexibility index (Phi) is 1.97. The molecule has 2 aromatic rings. The van der Waals surface area contributed by atoms with Crippen LogP contribution in [0.3, 0.4) is 0 Å². The molecule has 13 heavy (non-hydrogen) atoms. The zero-order valence-electron chi connectivity index (χ0n) is 5.72. The van der Waals surface area contributed by atoms with Crippen LogP contribution in [0.2, 0.25) is 0 Å². The molecule has 0 saturated heterocycles. The van der Waals surface area contributed by atoms with Gasteiger partial charge in [0.25, 0.3) is 5.56 Å². The van der Waals surface area contributed by atoms with Gasteiger partial charge >= 0.3 is 11.4 Å². The fraction of sp³-hybridized carbons (Fsp3) is 0. The Hall–Kier alpha value is -1.99. The molecule has 2 rings (SSSR count). The summed E-state index contributed by atoms with van der Waals surface area (Å²) in [5, 5.41) is 0. The van der Waals surface area contributed by atoms with E-state index in [1.165, 1.54) is 0 Å². The minimum atomic E-state index is -0.650. The van der Waals surface area contributed by atoms with Gasteiger partial charge in [0.1, 0.15) is 11.2 Å². The van der Waals surface area contributed by atoms with Gasteiger partial charge in [0.05, 0.1) is 8.41 Å². The van der Waals surface area contributed by atoms with Crippen LogP contribution in [0.1, 0.15) is 0 Å². The topological polar surface area (TPSA) is 114 Å². The minimum absolute atomic E-state index is 0. The Labute approximate surface area is 71.8 Å². The summed E-state index contributed by atoms with van der Waals surface area (Å²) >= 11 is 0. The Bertz CT molecular complexity index is 588. The molecule has 2 heterocycles. The maximum atomic E-state index is 10.9. The first-order valence-corrected chi connectivity index (χ1v) is 3.11. The van der Waals surface area contributed by atoms with Gasteiger partial charge in [-0.05, 0) is 0 Å². The highest BCUT2D eigenvalue weighted by Gasteiger charge is 2.02. The van der Waals surface area contributed by atoms with Crippen LogP contribution < -0.4 is 16.9 Å². The maximum absolute atomic E-state index is 10.9. The molecule has 0 aliphatic carbocycles. The number of hydrogen-bond donors (Lipinski definition) is 4. The third-order valence-electron chi connectivity index (χ3n) is 1.42. The predicted octanol–water partition coefficient (Wildman–Crippen LogP) is -2.95.